The molecule has 0 radical (unpaired) electrons. The predicted molar refractivity (Wildman–Crippen MR) is 246 cm³/mol. The molecule has 0 bridgehead atoms. The van der Waals surface area contributed by atoms with Crippen LogP contribution in [0.5, 0.6) is 0 Å². The predicted octanol–water partition coefficient (Wildman–Crippen LogP) is 14.3. The highest BCUT2D eigenvalue weighted by Crippen LogP contribution is 2.48. The number of hydrogen-bond donors (Lipinski definition) is 0. The monoisotopic (exact) mass is 760 g/mol. The minimum Gasteiger partial charge on any atom is -0.309 e. The standard InChI is InChI=1S/C55H44N4/c1-54(2)29-30-55(3,4)48-34-50-46(33-47(48)54)43-21-12-13-24-49(43)59(50)40-28-27-37-31-39(26-25-38(37)32-40)51-56-52(44-22-11-10-20-41(44)35-15-6-5-7-16-35)58-53(57-51)45-23-14-18-36-17-8-9-19-42(36)45/h5-28,31-34H,29-30H2,1-4H3. The van der Waals surface area contributed by atoms with E-state index in [0.29, 0.717) is 17.5 Å². The Morgan fingerprint density at radius 2 is 0.983 bits per heavy atom. The fourth-order valence-electron chi connectivity index (χ4n) is 9.53. The molecule has 0 atom stereocenters. The first kappa shape index (κ1) is 35.3. The smallest absolute Gasteiger partial charge is 0.164 e. The molecule has 10 aromatic rings. The van der Waals surface area contributed by atoms with E-state index in [9.17, 15) is 0 Å². The minimum atomic E-state index is 0.117. The summed E-state index contributed by atoms with van der Waals surface area (Å²) in [6.07, 6.45) is 2.38. The Labute approximate surface area is 344 Å². The molecule has 0 spiro atoms. The molecular formula is C55H44N4. The summed E-state index contributed by atoms with van der Waals surface area (Å²) < 4.78 is 2.47. The van der Waals surface area contributed by atoms with E-state index in [-0.39, 0.29) is 10.8 Å². The van der Waals surface area contributed by atoms with Crippen LogP contribution >= 0.6 is 0 Å². The molecule has 0 saturated heterocycles. The lowest BCUT2D eigenvalue weighted by molar-refractivity contribution is 0.332. The van der Waals surface area contributed by atoms with Crippen LogP contribution < -0.4 is 0 Å². The van der Waals surface area contributed by atoms with Crippen molar-refractivity contribution in [2.75, 3.05) is 0 Å². The first-order valence-corrected chi connectivity index (χ1v) is 20.7. The van der Waals surface area contributed by atoms with Crippen molar-refractivity contribution in [1.29, 1.82) is 0 Å². The molecule has 2 aromatic heterocycles. The van der Waals surface area contributed by atoms with Crippen LogP contribution in [0.4, 0.5) is 0 Å². The van der Waals surface area contributed by atoms with Gasteiger partial charge in [0.25, 0.3) is 0 Å². The second kappa shape index (κ2) is 13.3. The number of rotatable bonds is 5. The van der Waals surface area contributed by atoms with Crippen LogP contribution in [0.2, 0.25) is 0 Å². The number of nitrogens with zero attached hydrogens (tertiary/aromatic N) is 4. The Morgan fingerprint density at radius 1 is 0.390 bits per heavy atom. The van der Waals surface area contributed by atoms with E-state index in [1.807, 2.05) is 6.07 Å². The van der Waals surface area contributed by atoms with Gasteiger partial charge in [0.05, 0.1) is 11.0 Å². The normalized spacial score (nSPS) is 14.6. The van der Waals surface area contributed by atoms with E-state index in [4.69, 9.17) is 15.0 Å². The maximum Gasteiger partial charge on any atom is 0.164 e. The number of benzene rings is 8. The van der Waals surface area contributed by atoms with Gasteiger partial charge in [-0.1, -0.05) is 161 Å². The van der Waals surface area contributed by atoms with Crippen molar-refractivity contribution in [3.8, 4) is 51.0 Å². The molecule has 0 fully saturated rings. The maximum absolute atomic E-state index is 5.23. The Kier molecular flexibility index (Phi) is 7.96. The lowest BCUT2D eigenvalue weighted by Gasteiger charge is -2.42. The number of aromatic nitrogens is 4. The third kappa shape index (κ3) is 5.85. The second-order valence-electron chi connectivity index (χ2n) is 17.5. The van der Waals surface area contributed by atoms with Crippen LogP contribution in [0.15, 0.2) is 170 Å². The van der Waals surface area contributed by atoms with Gasteiger partial charge in [-0.3, -0.25) is 0 Å². The Bertz CT molecular complexity index is 3270. The third-order valence-electron chi connectivity index (χ3n) is 12.9. The molecule has 0 N–H and O–H groups in total. The average Bonchev–Trinajstić information content (AvgIpc) is 3.61. The van der Waals surface area contributed by atoms with E-state index in [0.717, 1.165) is 55.0 Å². The quantitative estimate of drug-likeness (QED) is 0.175. The molecule has 0 unspecified atom stereocenters. The zero-order chi connectivity index (χ0) is 39.9. The van der Waals surface area contributed by atoms with Gasteiger partial charge in [0, 0.05) is 33.2 Å². The van der Waals surface area contributed by atoms with Gasteiger partial charge in [0.1, 0.15) is 0 Å². The van der Waals surface area contributed by atoms with Gasteiger partial charge in [-0.2, -0.15) is 0 Å². The zero-order valence-electron chi connectivity index (χ0n) is 33.9. The van der Waals surface area contributed by atoms with E-state index in [1.54, 1.807) is 0 Å². The van der Waals surface area contributed by atoms with Gasteiger partial charge in [0.2, 0.25) is 0 Å². The largest absolute Gasteiger partial charge is 0.309 e. The van der Waals surface area contributed by atoms with Gasteiger partial charge >= 0.3 is 0 Å². The van der Waals surface area contributed by atoms with Gasteiger partial charge in [0.15, 0.2) is 17.5 Å². The van der Waals surface area contributed by atoms with Crippen molar-refractivity contribution in [2.24, 2.45) is 0 Å². The molecule has 0 saturated carbocycles. The fourth-order valence-corrected chi connectivity index (χ4v) is 9.53. The highest BCUT2D eigenvalue weighted by molar-refractivity contribution is 6.10. The molecule has 0 aliphatic heterocycles. The summed E-state index contributed by atoms with van der Waals surface area (Å²) in [5, 5.41) is 7.16. The topological polar surface area (TPSA) is 43.6 Å². The molecule has 1 aliphatic carbocycles. The van der Waals surface area contributed by atoms with Gasteiger partial charge < -0.3 is 4.57 Å². The molecule has 4 nitrogen and oxygen atoms in total. The lowest BCUT2D eigenvalue weighted by atomic mass is 9.63. The summed E-state index contributed by atoms with van der Waals surface area (Å²) in [6.45, 7) is 9.65. The van der Waals surface area contributed by atoms with Gasteiger partial charge in [-0.25, -0.2) is 15.0 Å². The fraction of sp³-hybridized carbons (Fsp3) is 0.145. The lowest BCUT2D eigenvalue weighted by Crippen LogP contribution is -2.33. The molecule has 0 amide bonds. The molecule has 8 aromatic carbocycles. The molecule has 59 heavy (non-hydrogen) atoms. The van der Waals surface area contributed by atoms with Crippen molar-refractivity contribution < 1.29 is 0 Å². The summed E-state index contributed by atoms with van der Waals surface area (Å²) in [7, 11) is 0. The van der Waals surface area contributed by atoms with Crippen LogP contribution in [0, 0.1) is 0 Å². The Morgan fingerprint density at radius 3 is 1.80 bits per heavy atom. The molecule has 284 valence electrons. The minimum absolute atomic E-state index is 0.117. The van der Waals surface area contributed by atoms with E-state index in [1.165, 1.54) is 45.8 Å². The van der Waals surface area contributed by atoms with Crippen molar-refractivity contribution in [2.45, 2.75) is 51.4 Å². The van der Waals surface area contributed by atoms with Crippen LogP contribution in [0.1, 0.15) is 51.7 Å². The number of fused-ring (bicyclic) bond motifs is 6. The highest BCUT2D eigenvalue weighted by atomic mass is 15.0. The van der Waals surface area contributed by atoms with Gasteiger partial charge in [-0.05, 0) is 104 Å². The number of para-hydroxylation sites is 1. The van der Waals surface area contributed by atoms with Crippen molar-refractivity contribution in [3.63, 3.8) is 0 Å². The van der Waals surface area contributed by atoms with Crippen LogP contribution in [-0.2, 0) is 10.8 Å². The SMILES string of the molecule is CC1(C)CCC(C)(C)c2cc3c(cc21)c1ccccc1n3-c1ccc2cc(-c3nc(-c4ccccc4-c4ccccc4)nc(-c4cccc5ccccc45)n3)ccc2c1. The summed E-state index contributed by atoms with van der Waals surface area (Å²) in [4.78, 5) is 15.7. The summed E-state index contributed by atoms with van der Waals surface area (Å²) >= 11 is 0. The first-order chi connectivity index (χ1) is 28.7. The summed E-state index contributed by atoms with van der Waals surface area (Å²) in [5.74, 6) is 1.94. The second-order valence-corrected chi connectivity index (χ2v) is 17.5. The Balaban J connectivity index is 1.07. The summed E-state index contributed by atoms with van der Waals surface area (Å²) in [5.41, 5.74) is 12.0. The molecule has 11 rings (SSSR count). The van der Waals surface area contributed by atoms with E-state index >= 15 is 0 Å². The highest BCUT2D eigenvalue weighted by Gasteiger charge is 2.38. The summed E-state index contributed by atoms with van der Waals surface area (Å²) in [6, 6.07) is 60.9. The molecule has 4 heteroatoms. The zero-order valence-corrected chi connectivity index (χ0v) is 33.9. The molecule has 2 heterocycles. The average molecular weight is 761 g/mol. The van der Waals surface area contributed by atoms with Gasteiger partial charge in [-0.15, -0.1) is 0 Å². The maximum atomic E-state index is 5.23. The van der Waals surface area contributed by atoms with E-state index < -0.39 is 0 Å². The number of hydrogen-bond acceptors (Lipinski definition) is 3. The van der Waals surface area contributed by atoms with Crippen LogP contribution in [0.25, 0.3) is 94.3 Å². The molecular weight excluding hydrogens is 717 g/mol. The van der Waals surface area contributed by atoms with E-state index in [2.05, 4.69) is 196 Å². The van der Waals surface area contributed by atoms with Crippen LogP contribution in [0.3, 0.4) is 0 Å². The Hall–Kier alpha value is -6.91. The third-order valence-corrected chi connectivity index (χ3v) is 12.9. The first-order valence-electron chi connectivity index (χ1n) is 20.7. The van der Waals surface area contributed by atoms with Crippen molar-refractivity contribution >= 4 is 43.4 Å². The van der Waals surface area contributed by atoms with Crippen molar-refractivity contribution in [1.82, 2.24) is 19.5 Å². The molecule has 1 aliphatic rings. The van der Waals surface area contributed by atoms with Crippen LogP contribution in [-0.4, -0.2) is 19.5 Å². The van der Waals surface area contributed by atoms with Crippen molar-refractivity contribution in [3.05, 3.63) is 181 Å².